The molecule has 0 bridgehead atoms. The van der Waals surface area contributed by atoms with Gasteiger partial charge in [-0.2, -0.15) is 0 Å². The number of carbonyl (C=O) groups is 2. The fourth-order valence-electron chi connectivity index (χ4n) is 3.76. The van der Waals surface area contributed by atoms with Gasteiger partial charge in [-0.3, -0.25) is 4.90 Å². The van der Waals surface area contributed by atoms with Gasteiger partial charge in [0.05, 0.1) is 52.8 Å². The maximum absolute atomic E-state index is 13.0. The van der Waals surface area contributed by atoms with E-state index in [1.165, 1.54) is 21.3 Å². The second-order valence-electron chi connectivity index (χ2n) is 6.96. The number of urea groups is 1. The van der Waals surface area contributed by atoms with Gasteiger partial charge in [0, 0.05) is 30.9 Å². The predicted molar refractivity (Wildman–Crippen MR) is 111 cm³/mol. The van der Waals surface area contributed by atoms with Crippen molar-refractivity contribution in [3.63, 3.8) is 0 Å². The van der Waals surface area contributed by atoms with Gasteiger partial charge in [0.15, 0.2) is 11.5 Å². The number of carbonyl (C=O) groups excluding carboxylic acids is 2. The van der Waals surface area contributed by atoms with Crippen LogP contribution in [0.25, 0.3) is 0 Å². The first-order valence-corrected chi connectivity index (χ1v) is 10.1. The van der Waals surface area contributed by atoms with Gasteiger partial charge >= 0.3 is 12.0 Å². The van der Waals surface area contributed by atoms with Crippen molar-refractivity contribution < 1.29 is 33.3 Å². The van der Waals surface area contributed by atoms with E-state index in [0.29, 0.717) is 66.9 Å². The third kappa shape index (κ3) is 4.86. The molecule has 10 heteroatoms. The summed E-state index contributed by atoms with van der Waals surface area (Å²) in [7, 11) is 4.51. The first-order chi connectivity index (χ1) is 15.0. The van der Waals surface area contributed by atoms with Crippen LogP contribution >= 0.6 is 0 Å². The Morgan fingerprint density at radius 3 is 2.45 bits per heavy atom. The Morgan fingerprint density at radius 1 is 1.13 bits per heavy atom. The largest absolute Gasteiger partial charge is 0.493 e. The van der Waals surface area contributed by atoms with E-state index in [1.807, 2.05) is 0 Å². The second-order valence-corrected chi connectivity index (χ2v) is 6.96. The van der Waals surface area contributed by atoms with E-state index >= 15 is 0 Å². The van der Waals surface area contributed by atoms with Gasteiger partial charge in [0.1, 0.15) is 0 Å². The van der Waals surface area contributed by atoms with Crippen LogP contribution < -0.4 is 24.8 Å². The molecule has 0 aromatic heterocycles. The number of amides is 2. The average Bonchev–Trinajstić information content (AvgIpc) is 2.78. The first-order valence-electron chi connectivity index (χ1n) is 10.1. The highest BCUT2D eigenvalue weighted by Gasteiger charge is 2.37. The van der Waals surface area contributed by atoms with Crippen LogP contribution in [0.4, 0.5) is 4.79 Å². The van der Waals surface area contributed by atoms with Crippen LogP contribution in [0.1, 0.15) is 18.5 Å². The zero-order valence-electron chi connectivity index (χ0n) is 18.3. The van der Waals surface area contributed by atoms with E-state index in [2.05, 4.69) is 15.5 Å². The van der Waals surface area contributed by atoms with Crippen LogP contribution in [0, 0.1) is 0 Å². The number of benzene rings is 1. The fraction of sp³-hybridized carbons (Fsp3) is 0.524. The summed E-state index contributed by atoms with van der Waals surface area (Å²) >= 11 is 0. The number of nitrogens with zero attached hydrogens (tertiary/aromatic N) is 1. The lowest BCUT2D eigenvalue weighted by Gasteiger charge is -2.34. The molecule has 0 unspecified atom stereocenters. The molecule has 1 aromatic rings. The van der Waals surface area contributed by atoms with Crippen LogP contribution in [0.3, 0.4) is 0 Å². The van der Waals surface area contributed by atoms with Gasteiger partial charge in [-0.25, -0.2) is 9.59 Å². The number of hydrogen-bond acceptors (Lipinski definition) is 8. The normalized spacial score (nSPS) is 19.4. The molecule has 0 saturated carbocycles. The lowest BCUT2D eigenvalue weighted by atomic mass is 9.93. The molecule has 1 saturated heterocycles. The third-order valence-electron chi connectivity index (χ3n) is 5.18. The molecule has 0 aliphatic carbocycles. The van der Waals surface area contributed by atoms with Crippen molar-refractivity contribution in [2.45, 2.75) is 13.0 Å². The topological polar surface area (TPSA) is 108 Å². The number of esters is 1. The van der Waals surface area contributed by atoms with E-state index in [4.69, 9.17) is 23.7 Å². The lowest BCUT2D eigenvalue weighted by Crippen LogP contribution is -2.49. The minimum Gasteiger partial charge on any atom is -0.493 e. The van der Waals surface area contributed by atoms with E-state index in [9.17, 15) is 9.59 Å². The minimum atomic E-state index is -0.793. The Morgan fingerprint density at radius 2 is 1.84 bits per heavy atom. The molecule has 0 spiro atoms. The zero-order valence-corrected chi connectivity index (χ0v) is 18.3. The molecule has 1 fully saturated rings. The van der Waals surface area contributed by atoms with Crippen LogP contribution in [0.15, 0.2) is 23.4 Å². The van der Waals surface area contributed by atoms with Crippen molar-refractivity contribution >= 4 is 12.0 Å². The zero-order chi connectivity index (χ0) is 22.4. The molecule has 2 heterocycles. The molecule has 2 aliphatic heterocycles. The van der Waals surface area contributed by atoms with Crippen molar-refractivity contribution in [2.75, 3.05) is 60.8 Å². The quantitative estimate of drug-likeness (QED) is 0.587. The fourth-order valence-corrected chi connectivity index (χ4v) is 3.76. The standard InChI is InChI=1S/C21H29N3O7/c1-5-31-20(25)16-14(12-24-8-10-30-11-9-24)22-21(26)23-17(16)13-6-7-15(27-2)19(29-4)18(13)28-3/h6-7,17H,5,8-12H2,1-4H3,(H2,22,23,26)/t17-/m0/s1. The first kappa shape index (κ1) is 22.7. The summed E-state index contributed by atoms with van der Waals surface area (Å²) in [4.78, 5) is 27.7. The number of hydrogen-bond donors (Lipinski definition) is 2. The van der Waals surface area contributed by atoms with E-state index in [1.54, 1.807) is 19.1 Å². The summed E-state index contributed by atoms with van der Waals surface area (Å²) in [6.07, 6.45) is 0. The molecule has 170 valence electrons. The van der Waals surface area contributed by atoms with E-state index in [-0.39, 0.29) is 6.61 Å². The lowest BCUT2D eigenvalue weighted by molar-refractivity contribution is -0.139. The summed E-state index contributed by atoms with van der Waals surface area (Å²) in [5, 5.41) is 5.62. The molecule has 31 heavy (non-hydrogen) atoms. The van der Waals surface area contributed by atoms with Crippen LogP contribution in [0.2, 0.25) is 0 Å². The molecule has 2 N–H and O–H groups in total. The number of methoxy groups -OCH3 is 3. The second kappa shape index (κ2) is 10.4. The minimum absolute atomic E-state index is 0.205. The number of ether oxygens (including phenoxy) is 5. The van der Waals surface area contributed by atoms with Crippen LogP contribution in [-0.2, 0) is 14.3 Å². The Labute approximate surface area is 181 Å². The number of rotatable bonds is 8. The summed E-state index contributed by atoms with van der Waals surface area (Å²) in [5.41, 5.74) is 1.36. The highest BCUT2D eigenvalue weighted by molar-refractivity contribution is 5.95. The molecular weight excluding hydrogens is 406 g/mol. The van der Waals surface area contributed by atoms with E-state index in [0.717, 1.165) is 0 Å². The highest BCUT2D eigenvalue weighted by atomic mass is 16.5. The van der Waals surface area contributed by atoms with Crippen molar-refractivity contribution in [1.29, 1.82) is 0 Å². The molecular formula is C21H29N3O7. The molecule has 1 aromatic carbocycles. The molecule has 10 nitrogen and oxygen atoms in total. The Hall–Kier alpha value is -2.98. The maximum Gasteiger partial charge on any atom is 0.338 e. The predicted octanol–water partition coefficient (Wildman–Crippen LogP) is 1.22. The monoisotopic (exact) mass is 435 g/mol. The van der Waals surface area contributed by atoms with Crippen molar-refractivity contribution in [3.8, 4) is 17.2 Å². The van der Waals surface area contributed by atoms with Crippen molar-refractivity contribution in [2.24, 2.45) is 0 Å². The van der Waals surface area contributed by atoms with Crippen molar-refractivity contribution in [3.05, 3.63) is 29.0 Å². The molecule has 2 amide bonds. The average molecular weight is 435 g/mol. The van der Waals surface area contributed by atoms with Gasteiger partial charge in [0.2, 0.25) is 5.75 Å². The van der Waals surface area contributed by atoms with Crippen LogP contribution in [0.5, 0.6) is 17.2 Å². The molecule has 1 atom stereocenters. The highest BCUT2D eigenvalue weighted by Crippen LogP contribution is 2.44. The summed E-state index contributed by atoms with van der Waals surface area (Å²) in [6, 6.07) is 2.23. The smallest absolute Gasteiger partial charge is 0.338 e. The summed E-state index contributed by atoms with van der Waals surface area (Å²) in [6.45, 7) is 4.93. The number of morpholine rings is 1. The van der Waals surface area contributed by atoms with Crippen LogP contribution in [-0.4, -0.2) is 77.7 Å². The molecule has 0 radical (unpaired) electrons. The Kier molecular flexibility index (Phi) is 7.59. The Balaban J connectivity index is 2.11. The van der Waals surface area contributed by atoms with Gasteiger partial charge in [0.25, 0.3) is 0 Å². The Bertz CT molecular complexity index is 850. The van der Waals surface area contributed by atoms with Gasteiger partial charge in [-0.15, -0.1) is 0 Å². The number of nitrogens with one attached hydrogen (secondary N) is 2. The van der Waals surface area contributed by atoms with Gasteiger partial charge in [-0.05, 0) is 19.1 Å². The van der Waals surface area contributed by atoms with Gasteiger partial charge < -0.3 is 34.3 Å². The van der Waals surface area contributed by atoms with E-state index < -0.39 is 18.0 Å². The van der Waals surface area contributed by atoms with Gasteiger partial charge in [-0.1, -0.05) is 0 Å². The maximum atomic E-state index is 13.0. The molecule has 2 aliphatic rings. The third-order valence-corrected chi connectivity index (χ3v) is 5.18. The molecule has 3 rings (SSSR count). The van der Waals surface area contributed by atoms with Crippen molar-refractivity contribution in [1.82, 2.24) is 15.5 Å². The SMILES string of the molecule is CCOC(=O)C1=C(CN2CCOCC2)NC(=O)N[C@H]1c1ccc(OC)c(OC)c1OC. The summed E-state index contributed by atoms with van der Waals surface area (Å²) < 4.78 is 27.2. The summed E-state index contributed by atoms with van der Waals surface area (Å²) in [5.74, 6) is 0.688.